The van der Waals surface area contributed by atoms with E-state index in [-0.39, 0.29) is 23.8 Å². The first-order chi connectivity index (χ1) is 13.3. The minimum atomic E-state index is -0.754. The van der Waals surface area contributed by atoms with E-state index in [0.29, 0.717) is 17.3 Å². The number of nitrogens with zero attached hydrogens (tertiary/aromatic N) is 4. The van der Waals surface area contributed by atoms with Gasteiger partial charge in [-0.05, 0) is 12.5 Å². The molecular formula is C17H19N5O5S. The molecule has 1 N–H and O–H groups in total. The first kappa shape index (κ1) is 19.7. The zero-order valence-electron chi connectivity index (χ0n) is 15.5. The molecule has 2 aromatic rings. The van der Waals surface area contributed by atoms with E-state index < -0.39 is 22.8 Å². The van der Waals surface area contributed by atoms with Gasteiger partial charge in [-0.3, -0.25) is 29.9 Å². The fourth-order valence-electron chi connectivity index (χ4n) is 2.67. The Balaban J connectivity index is 1.84. The molecule has 1 aliphatic heterocycles. The second-order valence-electron chi connectivity index (χ2n) is 6.50. The molecule has 1 aromatic heterocycles. The number of hydrogen-bond donors (Lipinski definition) is 1. The fourth-order valence-corrected chi connectivity index (χ4v) is 3.43. The maximum Gasteiger partial charge on any atom is 0.271 e. The van der Waals surface area contributed by atoms with Gasteiger partial charge in [-0.1, -0.05) is 32.1 Å². The topological polar surface area (TPSA) is 128 Å². The lowest BCUT2D eigenvalue weighted by atomic mass is 10.1. The van der Waals surface area contributed by atoms with E-state index in [9.17, 15) is 19.7 Å². The molecule has 0 spiro atoms. The number of carbonyl (C=O) groups is 2. The molecule has 148 valence electrons. The largest absolute Gasteiger partial charge is 0.478 e. The van der Waals surface area contributed by atoms with Crippen molar-refractivity contribution in [3.8, 4) is 5.75 Å². The molecule has 1 aliphatic rings. The zero-order valence-corrected chi connectivity index (χ0v) is 16.4. The molecule has 2 amide bonds. The third-order valence-corrected chi connectivity index (χ3v) is 5.25. The normalized spacial score (nSPS) is 15.9. The van der Waals surface area contributed by atoms with Crippen molar-refractivity contribution in [2.45, 2.75) is 39.2 Å². The number of anilines is 2. The van der Waals surface area contributed by atoms with Crippen LogP contribution in [0.4, 0.5) is 16.5 Å². The summed E-state index contributed by atoms with van der Waals surface area (Å²) < 4.78 is 5.62. The monoisotopic (exact) mass is 405 g/mol. The number of amides is 2. The molecule has 3 rings (SSSR count). The Bertz CT molecular complexity index is 928. The molecule has 0 aliphatic carbocycles. The molecule has 11 heteroatoms. The van der Waals surface area contributed by atoms with Gasteiger partial charge in [0.2, 0.25) is 11.0 Å². The number of nitrogens with one attached hydrogen (secondary N) is 1. The quantitative estimate of drug-likeness (QED) is 0.578. The van der Waals surface area contributed by atoms with Crippen molar-refractivity contribution in [2.24, 2.45) is 0 Å². The van der Waals surface area contributed by atoms with Crippen molar-refractivity contribution in [1.29, 1.82) is 0 Å². The van der Waals surface area contributed by atoms with Gasteiger partial charge in [0.05, 0.1) is 10.6 Å². The maximum atomic E-state index is 12.7. The highest BCUT2D eigenvalue weighted by Crippen LogP contribution is 2.37. The molecule has 1 aromatic carbocycles. The van der Waals surface area contributed by atoms with Crippen LogP contribution >= 0.6 is 11.3 Å². The Morgan fingerprint density at radius 3 is 2.79 bits per heavy atom. The van der Waals surface area contributed by atoms with Crippen LogP contribution in [0.3, 0.4) is 0 Å². The summed E-state index contributed by atoms with van der Waals surface area (Å²) in [4.78, 5) is 36.9. The smallest absolute Gasteiger partial charge is 0.271 e. The van der Waals surface area contributed by atoms with E-state index in [1.807, 2.05) is 13.8 Å². The highest BCUT2D eigenvalue weighted by Gasteiger charge is 2.35. The molecule has 0 fully saturated rings. The Hall–Kier alpha value is -3.08. The van der Waals surface area contributed by atoms with E-state index in [2.05, 4.69) is 15.5 Å². The highest BCUT2D eigenvalue weighted by atomic mass is 32.1. The molecule has 0 saturated heterocycles. The van der Waals surface area contributed by atoms with Crippen LogP contribution < -0.4 is 15.0 Å². The molecule has 1 unspecified atom stereocenters. The first-order valence-corrected chi connectivity index (χ1v) is 9.51. The zero-order chi connectivity index (χ0) is 20.4. The Morgan fingerprint density at radius 2 is 2.18 bits per heavy atom. The van der Waals surface area contributed by atoms with E-state index in [0.717, 1.165) is 5.01 Å². The third kappa shape index (κ3) is 3.93. The summed E-state index contributed by atoms with van der Waals surface area (Å²) in [7, 11) is 0. The lowest BCUT2D eigenvalue weighted by Crippen LogP contribution is -2.48. The van der Waals surface area contributed by atoms with E-state index in [1.54, 1.807) is 6.92 Å². The van der Waals surface area contributed by atoms with Crippen LogP contribution in [0.25, 0.3) is 0 Å². The molecule has 1 atom stereocenters. The fraction of sp³-hybridized carbons (Fsp3) is 0.412. The van der Waals surface area contributed by atoms with Gasteiger partial charge >= 0.3 is 0 Å². The minimum absolute atomic E-state index is 0.182. The van der Waals surface area contributed by atoms with Crippen LogP contribution in [0.15, 0.2) is 18.2 Å². The summed E-state index contributed by atoms with van der Waals surface area (Å²) in [6.07, 6.45) is -0.350. The van der Waals surface area contributed by atoms with Crippen molar-refractivity contribution in [3.63, 3.8) is 0 Å². The summed E-state index contributed by atoms with van der Waals surface area (Å²) in [6, 6.07) is 3.97. The van der Waals surface area contributed by atoms with Crippen LogP contribution in [0.5, 0.6) is 5.75 Å². The Labute approximate surface area is 164 Å². The second kappa shape index (κ2) is 7.89. The molecule has 2 heterocycles. The SMILES string of the molecule is CCC1Oc2ccc([N+](=O)[O-])cc2N(CC(=O)Nc2nnc(C(C)C)s2)C1=O. The van der Waals surface area contributed by atoms with E-state index >= 15 is 0 Å². The number of hydrogen-bond acceptors (Lipinski definition) is 8. The number of ether oxygens (including phenoxy) is 1. The molecule has 0 bridgehead atoms. The Morgan fingerprint density at radius 1 is 1.43 bits per heavy atom. The van der Waals surface area contributed by atoms with Crippen molar-refractivity contribution >= 4 is 39.7 Å². The molecule has 0 radical (unpaired) electrons. The minimum Gasteiger partial charge on any atom is -0.478 e. The lowest BCUT2D eigenvalue weighted by molar-refractivity contribution is -0.384. The summed E-state index contributed by atoms with van der Waals surface area (Å²) in [5, 5.41) is 22.7. The summed E-state index contributed by atoms with van der Waals surface area (Å²) in [6.45, 7) is 5.40. The van der Waals surface area contributed by atoms with Crippen molar-refractivity contribution in [2.75, 3.05) is 16.8 Å². The number of benzene rings is 1. The van der Waals surface area contributed by atoms with Gasteiger partial charge in [0.15, 0.2) is 6.10 Å². The van der Waals surface area contributed by atoms with E-state index in [1.165, 1.54) is 34.4 Å². The van der Waals surface area contributed by atoms with Crippen LogP contribution in [-0.4, -0.2) is 39.6 Å². The summed E-state index contributed by atoms with van der Waals surface area (Å²) in [5.41, 5.74) is 0.000360. The van der Waals surface area contributed by atoms with Gasteiger partial charge < -0.3 is 4.74 Å². The number of non-ortho nitro benzene ring substituents is 1. The molecule has 28 heavy (non-hydrogen) atoms. The number of rotatable bonds is 6. The predicted molar refractivity (Wildman–Crippen MR) is 103 cm³/mol. The number of nitro groups is 1. The number of fused-ring (bicyclic) bond motifs is 1. The van der Waals surface area contributed by atoms with Crippen LogP contribution in [0.1, 0.15) is 38.1 Å². The number of aromatic nitrogens is 2. The van der Waals surface area contributed by atoms with Crippen molar-refractivity contribution in [3.05, 3.63) is 33.3 Å². The average molecular weight is 405 g/mol. The lowest BCUT2D eigenvalue weighted by Gasteiger charge is -2.33. The van der Waals surface area contributed by atoms with Crippen LogP contribution in [-0.2, 0) is 9.59 Å². The van der Waals surface area contributed by atoms with Crippen LogP contribution in [0.2, 0.25) is 0 Å². The predicted octanol–water partition coefficient (Wildman–Crippen LogP) is 2.71. The van der Waals surface area contributed by atoms with Gasteiger partial charge in [0.25, 0.3) is 11.6 Å². The first-order valence-electron chi connectivity index (χ1n) is 8.69. The Kier molecular flexibility index (Phi) is 5.54. The number of carbonyl (C=O) groups excluding carboxylic acids is 2. The summed E-state index contributed by atoms with van der Waals surface area (Å²) >= 11 is 1.26. The average Bonchev–Trinajstić information content (AvgIpc) is 3.12. The standard InChI is InChI=1S/C17H19N5O5S/c1-4-12-16(24)21(11-7-10(22(25)26)5-6-13(11)27-12)8-14(23)18-17-20-19-15(28-17)9(2)3/h5-7,9,12H,4,8H2,1-3H3,(H,18,20,23). The van der Waals surface area contributed by atoms with Crippen molar-refractivity contribution in [1.82, 2.24) is 10.2 Å². The summed E-state index contributed by atoms with van der Waals surface area (Å²) in [5.74, 6) is -0.399. The van der Waals surface area contributed by atoms with Gasteiger partial charge in [-0.2, -0.15) is 0 Å². The third-order valence-electron chi connectivity index (χ3n) is 4.11. The van der Waals surface area contributed by atoms with Crippen molar-refractivity contribution < 1.29 is 19.2 Å². The van der Waals surface area contributed by atoms with Gasteiger partial charge in [0, 0.05) is 18.1 Å². The molecule has 10 nitrogen and oxygen atoms in total. The van der Waals surface area contributed by atoms with Gasteiger partial charge in [-0.15, -0.1) is 10.2 Å². The van der Waals surface area contributed by atoms with E-state index in [4.69, 9.17) is 4.74 Å². The molecular weight excluding hydrogens is 386 g/mol. The molecule has 0 saturated carbocycles. The number of nitro benzene ring substituents is 1. The second-order valence-corrected chi connectivity index (χ2v) is 7.51. The van der Waals surface area contributed by atoms with Crippen LogP contribution in [0, 0.1) is 10.1 Å². The van der Waals surface area contributed by atoms with Gasteiger partial charge in [0.1, 0.15) is 17.3 Å². The highest BCUT2D eigenvalue weighted by molar-refractivity contribution is 7.15. The maximum absolute atomic E-state index is 12.7. The van der Waals surface area contributed by atoms with Gasteiger partial charge in [-0.25, -0.2) is 0 Å².